The largest absolute Gasteiger partial charge is 0.465 e. The summed E-state index contributed by atoms with van der Waals surface area (Å²) >= 11 is 0. The van der Waals surface area contributed by atoms with E-state index < -0.39 is 63.8 Å². The number of ether oxygens (including phenoxy) is 5. The number of ketones is 1. The first-order valence-corrected chi connectivity index (χ1v) is 19.9. The molecule has 6 aliphatic heterocycles. The van der Waals surface area contributed by atoms with Crippen molar-refractivity contribution in [2.24, 2.45) is 44.0 Å². The summed E-state index contributed by atoms with van der Waals surface area (Å²) in [6.45, 7) is 7.45. The van der Waals surface area contributed by atoms with Gasteiger partial charge in [0.25, 0.3) is 0 Å². The SMILES string of the molecule is CC1(C)OC2CC(=O)OCC23C1C(=O)C(O)C1(C2CCCCC2)C3CCC2(C)C(C3=CC[OH+]C3CCCCCCC3=NC=NC3)OC(=O)C3OC321. The van der Waals surface area contributed by atoms with Crippen molar-refractivity contribution in [2.75, 3.05) is 19.8 Å². The Bertz CT molecular complexity index is 1580. The van der Waals surface area contributed by atoms with Crippen molar-refractivity contribution < 1.29 is 43.2 Å². The number of aliphatic imine (C=N–C) groups is 2. The zero-order valence-corrected chi connectivity index (χ0v) is 30.4. The number of esters is 2. The number of fused-ring (bicyclic) bond motifs is 1. The minimum atomic E-state index is -1.34. The Morgan fingerprint density at radius 2 is 1.78 bits per heavy atom. The van der Waals surface area contributed by atoms with Crippen LogP contribution in [0.2, 0.25) is 0 Å². The second-order valence-corrected chi connectivity index (χ2v) is 17.9. The number of aliphatic hydroxyl groups is 3. The van der Waals surface area contributed by atoms with Gasteiger partial charge in [-0.15, -0.1) is 0 Å². The van der Waals surface area contributed by atoms with Crippen molar-refractivity contribution in [3.63, 3.8) is 0 Å². The number of epoxide rings is 1. The van der Waals surface area contributed by atoms with Gasteiger partial charge in [0.2, 0.25) is 0 Å². The Morgan fingerprint density at radius 3 is 2.57 bits per heavy atom. The molecule has 51 heavy (non-hydrogen) atoms. The molecule has 7 fully saturated rings. The molecule has 9 rings (SSSR count). The van der Waals surface area contributed by atoms with Gasteiger partial charge in [-0.25, -0.2) is 9.79 Å². The zero-order valence-electron chi connectivity index (χ0n) is 30.4. The average molecular weight is 708 g/mol. The van der Waals surface area contributed by atoms with Crippen molar-refractivity contribution >= 4 is 29.8 Å². The van der Waals surface area contributed by atoms with Crippen LogP contribution >= 0.6 is 0 Å². The van der Waals surface area contributed by atoms with Crippen LogP contribution in [0.4, 0.5) is 0 Å². The number of carbonyl (C=O) groups is 3. The lowest BCUT2D eigenvalue weighted by Crippen LogP contribution is -2.79. The maximum atomic E-state index is 15.1. The molecule has 3 aliphatic carbocycles. The highest BCUT2D eigenvalue weighted by atomic mass is 16.7. The Labute approximate surface area is 300 Å². The molecule has 6 heterocycles. The van der Waals surface area contributed by atoms with E-state index in [4.69, 9.17) is 23.7 Å². The number of hydrogen-bond acceptors (Lipinski definition) is 10. The highest BCUT2D eigenvalue weighted by molar-refractivity contribution is 5.96. The number of cyclic esters (lactones) is 2. The lowest BCUT2D eigenvalue weighted by Gasteiger charge is -2.70. The minimum Gasteiger partial charge on any atom is -0.465 e. The number of rotatable bonds is 9. The van der Waals surface area contributed by atoms with Crippen molar-refractivity contribution in [3.8, 4) is 0 Å². The summed E-state index contributed by atoms with van der Waals surface area (Å²) in [4.78, 5) is 50.6. The third kappa shape index (κ3) is 4.53. The van der Waals surface area contributed by atoms with E-state index in [1.165, 1.54) is 0 Å². The van der Waals surface area contributed by atoms with Crippen LogP contribution in [0.25, 0.3) is 0 Å². The van der Waals surface area contributed by atoms with Crippen LogP contribution in [0.1, 0.15) is 111 Å². The van der Waals surface area contributed by atoms with E-state index >= 15 is 4.79 Å². The summed E-state index contributed by atoms with van der Waals surface area (Å²) in [7, 11) is 0. The molecule has 0 aromatic carbocycles. The first kappa shape index (κ1) is 34.3. The molecule has 11 unspecified atom stereocenters. The normalized spacial score (nSPS) is 46.6. The number of unbranched alkanes of at least 4 members (excludes halogenated alkanes) is 3. The highest BCUT2D eigenvalue weighted by Gasteiger charge is 2.93. The first-order chi connectivity index (χ1) is 24.5. The smallest absolute Gasteiger partial charge is 0.339 e. The van der Waals surface area contributed by atoms with Gasteiger partial charge in [0, 0.05) is 34.5 Å². The van der Waals surface area contributed by atoms with E-state index in [1.54, 1.807) is 6.34 Å². The molecule has 0 radical (unpaired) electrons. The molecule has 9 aliphatic rings. The predicted octanol–water partition coefficient (Wildman–Crippen LogP) is 4.36. The maximum Gasteiger partial charge on any atom is 0.339 e. The number of Topliss-reactive ketones (excluding diaryl/α,β-unsaturated/α-hetero) is 1. The fourth-order valence-electron chi connectivity index (χ4n) is 13.6. The summed E-state index contributed by atoms with van der Waals surface area (Å²) in [5.74, 6) is -1.87. The quantitative estimate of drug-likeness (QED) is 0.122. The van der Waals surface area contributed by atoms with Gasteiger partial charge in [-0.2, -0.15) is 0 Å². The van der Waals surface area contributed by atoms with Gasteiger partial charge in [0.05, 0.1) is 36.2 Å². The topological polar surface area (TPSA) is 149 Å². The summed E-state index contributed by atoms with van der Waals surface area (Å²) < 4.78 is 31.0. The van der Waals surface area contributed by atoms with Crippen LogP contribution in [-0.4, -0.2) is 101 Å². The monoisotopic (exact) mass is 707 g/mol. The van der Waals surface area contributed by atoms with Gasteiger partial charge in [0.15, 0.2) is 24.6 Å². The van der Waals surface area contributed by atoms with E-state index in [0.717, 1.165) is 88.5 Å². The molecule has 11 heteroatoms. The van der Waals surface area contributed by atoms with E-state index in [9.17, 15) is 14.7 Å². The summed E-state index contributed by atoms with van der Waals surface area (Å²) in [5, 5.41) is 12.9. The Hall–Kier alpha value is -2.47. The number of aliphatic hydroxyl groups excluding tert-OH is 1. The van der Waals surface area contributed by atoms with Crippen LogP contribution in [0, 0.1) is 34.0 Å². The molecule has 0 aromatic heterocycles. The number of nitrogens with zero attached hydrogens (tertiary/aromatic N) is 2. The molecular weight excluding hydrogens is 652 g/mol. The minimum absolute atomic E-state index is 0.0384. The second-order valence-electron chi connectivity index (χ2n) is 17.9. The fourth-order valence-corrected chi connectivity index (χ4v) is 13.6. The molecule has 0 bridgehead atoms. The standard InChI is InChI=1S/C40H54N2O9/c1-36(2)31-30(44)32(45)39(23-11-7-6-8-12-23)27(38(31)21-48-29(43)19-28(38)50-36)15-17-37(3)33(49-35(46)34-40(37,39)51-34)25-16-18-47-26(25)14-10-5-4-9-13-24-20-41-22-42-24/h16,22-23,26-28,31-34,45H,4-15,17-21H2,1-3H3/p+1. The van der Waals surface area contributed by atoms with Crippen LogP contribution in [0.3, 0.4) is 0 Å². The van der Waals surface area contributed by atoms with Crippen LogP contribution < -0.4 is 0 Å². The molecule has 0 aromatic rings. The second kappa shape index (κ2) is 12.0. The lowest BCUT2D eigenvalue weighted by molar-refractivity contribution is -0.272. The lowest BCUT2D eigenvalue weighted by atomic mass is 9.33. The van der Waals surface area contributed by atoms with Crippen LogP contribution in [0.5, 0.6) is 0 Å². The molecule has 3 saturated carbocycles. The third-order valence-electron chi connectivity index (χ3n) is 15.3. The maximum absolute atomic E-state index is 15.1. The van der Waals surface area contributed by atoms with Gasteiger partial charge >= 0.3 is 11.9 Å². The molecule has 4 saturated heterocycles. The van der Waals surface area contributed by atoms with Gasteiger partial charge in [-0.05, 0) is 70.6 Å². The molecule has 11 nitrogen and oxygen atoms in total. The first-order valence-electron chi connectivity index (χ1n) is 19.9. The van der Waals surface area contributed by atoms with E-state index in [0.29, 0.717) is 19.4 Å². The molecule has 2 spiro atoms. The molecule has 0 amide bonds. The van der Waals surface area contributed by atoms with Crippen molar-refractivity contribution in [1.29, 1.82) is 0 Å². The van der Waals surface area contributed by atoms with Crippen LogP contribution in [-0.2, 0) is 33.3 Å². The fraction of sp³-hybridized carbons (Fsp3) is 0.825. The highest BCUT2D eigenvalue weighted by Crippen LogP contribution is 2.81. The summed E-state index contributed by atoms with van der Waals surface area (Å²) in [5.41, 5.74) is -2.31. The molecule has 278 valence electrons. The van der Waals surface area contributed by atoms with Gasteiger partial charge in [0.1, 0.15) is 30.8 Å². The Morgan fingerprint density at radius 1 is 0.980 bits per heavy atom. The van der Waals surface area contributed by atoms with Crippen LogP contribution in [0.15, 0.2) is 21.6 Å². The van der Waals surface area contributed by atoms with E-state index in [2.05, 4.69) is 23.0 Å². The number of hydrogen-bond donors (Lipinski definition) is 1. The third-order valence-corrected chi connectivity index (χ3v) is 15.3. The summed E-state index contributed by atoms with van der Waals surface area (Å²) in [6, 6.07) is 0. The number of carbonyl (C=O) groups excluding carboxylic acids is 3. The predicted molar refractivity (Wildman–Crippen MR) is 186 cm³/mol. The molecule has 11 atom stereocenters. The van der Waals surface area contributed by atoms with Crippen molar-refractivity contribution in [2.45, 2.75) is 152 Å². The van der Waals surface area contributed by atoms with E-state index in [1.807, 2.05) is 13.8 Å². The van der Waals surface area contributed by atoms with Gasteiger partial charge in [-0.1, -0.05) is 39.0 Å². The van der Waals surface area contributed by atoms with Crippen molar-refractivity contribution in [1.82, 2.24) is 0 Å². The Kier molecular flexibility index (Phi) is 8.09. The van der Waals surface area contributed by atoms with Crippen molar-refractivity contribution in [3.05, 3.63) is 11.6 Å². The average Bonchev–Trinajstić information content (AvgIpc) is 3.36. The molecule has 2 N–H and O–H groups in total. The Balaban J connectivity index is 1.07. The van der Waals surface area contributed by atoms with Gasteiger partial charge in [-0.3, -0.25) is 14.6 Å². The zero-order chi connectivity index (χ0) is 35.4. The summed E-state index contributed by atoms with van der Waals surface area (Å²) in [6.07, 6.45) is 13.0. The molecular formula is C40H55N2O9+. The van der Waals surface area contributed by atoms with Gasteiger partial charge < -0.3 is 28.8 Å². The van der Waals surface area contributed by atoms with E-state index in [-0.39, 0.29) is 42.7 Å².